The van der Waals surface area contributed by atoms with E-state index in [2.05, 4.69) is 20.4 Å². The Kier molecular flexibility index (Phi) is 3.13. The summed E-state index contributed by atoms with van der Waals surface area (Å²) in [6, 6.07) is 7.52. The normalized spacial score (nSPS) is 10.8. The lowest BCUT2D eigenvalue weighted by Crippen LogP contribution is -2.10. The topological polar surface area (TPSA) is 90.9 Å². The quantitative estimate of drug-likeness (QED) is 0.434. The van der Waals surface area contributed by atoms with Crippen LogP contribution in [0.5, 0.6) is 5.75 Å². The fourth-order valence-corrected chi connectivity index (χ4v) is 2.09. The van der Waals surface area contributed by atoms with Crippen molar-refractivity contribution in [2.24, 2.45) is 5.84 Å². The molecule has 0 unspecified atom stereocenters. The molecule has 3 N–H and O–H groups in total. The third-order valence-electron chi connectivity index (χ3n) is 2.84. The Morgan fingerprint density at radius 2 is 2.20 bits per heavy atom. The lowest BCUT2D eigenvalue weighted by molar-refractivity contribution is 0.414. The van der Waals surface area contributed by atoms with Gasteiger partial charge < -0.3 is 10.2 Å². The lowest BCUT2D eigenvalue weighted by atomic mass is 10.3. The van der Waals surface area contributed by atoms with Gasteiger partial charge in [0.1, 0.15) is 12.1 Å². The molecule has 3 aromatic rings. The highest BCUT2D eigenvalue weighted by atomic mass is 35.5. The van der Waals surface area contributed by atoms with Crippen molar-refractivity contribution in [3.8, 4) is 11.4 Å². The van der Waals surface area contributed by atoms with Gasteiger partial charge in [-0.1, -0.05) is 6.07 Å². The van der Waals surface area contributed by atoms with Crippen molar-refractivity contribution < 1.29 is 4.74 Å². The number of anilines is 1. The van der Waals surface area contributed by atoms with Gasteiger partial charge in [-0.25, -0.2) is 10.8 Å². The molecule has 0 saturated heterocycles. The van der Waals surface area contributed by atoms with Crippen molar-refractivity contribution in [3.05, 3.63) is 35.9 Å². The summed E-state index contributed by atoms with van der Waals surface area (Å²) in [7, 11) is 1.61. The van der Waals surface area contributed by atoms with E-state index in [1.54, 1.807) is 18.0 Å². The second-order valence-electron chi connectivity index (χ2n) is 3.97. The summed E-state index contributed by atoms with van der Waals surface area (Å²) < 4.78 is 6.99. The summed E-state index contributed by atoms with van der Waals surface area (Å²) in [5, 5.41) is 0.0927. The predicted molar refractivity (Wildman–Crippen MR) is 76.0 cm³/mol. The van der Waals surface area contributed by atoms with E-state index in [-0.39, 0.29) is 5.28 Å². The standard InChI is InChI=1S/C12H11ClN6O/c1-20-8-4-2-3-7(5-8)19-6-15-9-10(18-14)16-12(13)17-11(9)19/h2-6H,14H2,1H3,(H,16,17,18). The maximum Gasteiger partial charge on any atom is 0.226 e. The van der Waals surface area contributed by atoms with Crippen LogP contribution in [-0.2, 0) is 0 Å². The van der Waals surface area contributed by atoms with E-state index in [1.165, 1.54) is 0 Å². The first kappa shape index (κ1) is 12.6. The van der Waals surface area contributed by atoms with Gasteiger partial charge in [0.05, 0.1) is 12.8 Å². The summed E-state index contributed by atoms with van der Waals surface area (Å²) in [5.74, 6) is 6.52. The van der Waals surface area contributed by atoms with Gasteiger partial charge in [-0.05, 0) is 23.7 Å². The average molecular weight is 291 g/mol. The maximum atomic E-state index is 5.89. The van der Waals surface area contributed by atoms with Crippen LogP contribution < -0.4 is 16.0 Å². The second-order valence-corrected chi connectivity index (χ2v) is 4.31. The number of ether oxygens (including phenoxy) is 1. The Balaban J connectivity index is 2.23. The first-order valence-corrected chi connectivity index (χ1v) is 6.12. The third kappa shape index (κ3) is 2.02. The SMILES string of the molecule is COc1cccc(-n2cnc3c(NN)nc(Cl)nc32)c1. The highest BCUT2D eigenvalue weighted by molar-refractivity contribution is 6.28. The number of rotatable bonds is 3. The van der Waals surface area contributed by atoms with Crippen LogP contribution in [0.25, 0.3) is 16.9 Å². The molecular weight excluding hydrogens is 280 g/mol. The minimum absolute atomic E-state index is 0.0927. The van der Waals surface area contributed by atoms with Crippen molar-refractivity contribution in [3.63, 3.8) is 0 Å². The second kappa shape index (κ2) is 4.95. The average Bonchev–Trinajstić information content (AvgIpc) is 2.90. The fraction of sp³-hybridized carbons (Fsp3) is 0.0833. The number of hydrazine groups is 1. The van der Waals surface area contributed by atoms with Crippen molar-refractivity contribution in [2.75, 3.05) is 12.5 Å². The highest BCUT2D eigenvalue weighted by Crippen LogP contribution is 2.24. The summed E-state index contributed by atoms with van der Waals surface area (Å²) >= 11 is 5.89. The van der Waals surface area contributed by atoms with E-state index >= 15 is 0 Å². The molecule has 7 nitrogen and oxygen atoms in total. The molecule has 3 rings (SSSR count). The Hall–Kier alpha value is -2.38. The van der Waals surface area contributed by atoms with Gasteiger partial charge in [-0.15, -0.1) is 0 Å². The molecule has 1 aromatic carbocycles. The van der Waals surface area contributed by atoms with E-state index < -0.39 is 0 Å². The molecule has 0 fully saturated rings. The summed E-state index contributed by atoms with van der Waals surface area (Å²) in [4.78, 5) is 12.4. The molecule has 20 heavy (non-hydrogen) atoms. The molecule has 0 saturated carbocycles. The zero-order valence-electron chi connectivity index (χ0n) is 10.5. The Labute approximate surface area is 119 Å². The Morgan fingerprint density at radius 1 is 1.35 bits per heavy atom. The Morgan fingerprint density at radius 3 is 2.95 bits per heavy atom. The van der Waals surface area contributed by atoms with Crippen molar-refractivity contribution in [2.45, 2.75) is 0 Å². The number of aromatic nitrogens is 4. The molecule has 102 valence electrons. The van der Waals surface area contributed by atoms with Crippen LogP contribution in [0.3, 0.4) is 0 Å². The number of benzene rings is 1. The molecular formula is C12H11ClN6O. The predicted octanol–water partition coefficient (Wildman–Crippen LogP) is 1.76. The number of nitrogen functional groups attached to an aromatic ring is 1. The molecule has 0 amide bonds. The first-order valence-electron chi connectivity index (χ1n) is 5.74. The van der Waals surface area contributed by atoms with E-state index in [9.17, 15) is 0 Å². The van der Waals surface area contributed by atoms with Crippen molar-refractivity contribution in [1.82, 2.24) is 19.5 Å². The highest BCUT2D eigenvalue weighted by Gasteiger charge is 2.13. The van der Waals surface area contributed by atoms with Gasteiger partial charge >= 0.3 is 0 Å². The van der Waals surface area contributed by atoms with Crippen LogP contribution in [0.1, 0.15) is 0 Å². The van der Waals surface area contributed by atoms with Gasteiger partial charge in [-0.3, -0.25) is 4.57 Å². The number of fused-ring (bicyclic) bond motifs is 1. The van der Waals surface area contributed by atoms with Gasteiger partial charge in [0.25, 0.3) is 0 Å². The zero-order chi connectivity index (χ0) is 14.1. The number of hydrogen-bond acceptors (Lipinski definition) is 6. The van der Waals surface area contributed by atoms with Crippen LogP contribution >= 0.6 is 11.6 Å². The molecule has 0 aliphatic rings. The Bertz CT molecular complexity index is 772. The molecule has 0 aliphatic heterocycles. The number of imidazole rings is 1. The van der Waals surface area contributed by atoms with Gasteiger partial charge in [0.15, 0.2) is 17.0 Å². The molecule has 2 aromatic heterocycles. The number of methoxy groups -OCH3 is 1. The fourth-order valence-electron chi connectivity index (χ4n) is 1.92. The number of nitrogens with one attached hydrogen (secondary N) is 1. The number of halogens is 1. The van der Waals surface area contributed by atoms with E-state index in [1.807, 2.05) is 24.3 Å². The van der Waals surface area contributed by atoms with Crippen LogP contribution in [0.4, 0.5) is 5.82 Å². The molecule has 8 heteroatoms. The van der Waals surface area contributed by atoms with Crippen LogP contribution in [0.15, 0.2) is 30.6 Å². The van der Waals surface area contributed by atoms with E-state index in [4.69, 9.17) is 22.2 Å². The van der Waals surface area contributed by atoms with Gasteiger partial charge in [0.2, 0.25) is 5.28 Å². The minimum Gasteiger partial charge on any atom is -0.497 e. The minimum atomic E-state index is 0.0927. The molecule has 0 spiro atoms. The van der Waals surface area contributed by atoms with Gasteiger partial charge in [0, 0.05) is 6.07 Å². The molecule has 0 bridgehead atoms. The molecule has 0 atom stereocenters. The van der Waals surface area contributed by atoms with E-state index in [0.29, 0.717) is 17.0 Å². The lowest BCUT2D eigenvalue weighted by Gasteiger charge is -2.06. The monoisotopic (exact) mass is 290 g/mol. The number of nitrogens with zero attached hydrogens (tertiary/aromatic N) is 4. The number of nitrogens with two attached hydrogens (primary N) is 1. The number of hydrogen-bond donors (Lipinski definition) is 2. The van der Waals surface area contributed by atoms with Crippen molar-refractivity contribution in [1.29, 1.82) is 0 Å². The maximum absolute atomic E-state index is 5.89. The molecule has 0 radical (unpaired) electrons. The molecule has 2 heterocycles. The third-order valence-corrected chi connectivity index (χ3v) is 3.01. The van der Waals surface area contributed by atoms with E-state index in [0.717, 1.165) is 11.4 Å². The first-order chi connectivity index (χ1) is 9.72. The smallest absolute Gasteiger partial charge is 0.226 e. The van der Waals surface area contributed by atoms with Crippen LogP contribution in [0.2, 0.25) is 5.28 Å². The zero-order valence-corrected chi connectivity index (χ0v) is 11.3. The largest absolute Gasteiger partial charge is 0.497 e. The summed E-state index contributed by atoms with van der Waals surface area (Å²) in [6.07, 6.45) is 1.63. The molecule has 0 aliphatic carbocycles. The summed E-state index contributed by atoms with van der Waals surface area (Å²) in [6.45, 7) is 0. The van der Waals surface area contributed by atoms with Crippen LogP contribution in [0, 0.1) is 0 Å². The van der Waals surface area contributed by atoms with Gasteiger partial charge in [-0.2, -0.15) is 9.97 Å². The summed E-state index contributed by atoms with van der Waals surface area (Å²) in [5.41, 5.74) is 4.42. The van der Waals surface area contributed by atoms with Crippen LogP contribution in [-0.4, -0.2) is 26.6 Å². The van der Waals surface area contributed by atoms with Crippen molar-refractivity contribution >= 4 is 28.6 Å².